The number of carbonyl (C=O) groups is 1. The van der Waals surface area contributed by atoms with E-state index < -0.39 is 11.7 Å². The number of hydrogen-bond acceptors (Lipinski definition) is 5. The van der Waals surface area contributed by atoms with E-state index in [0.29, 0.717) is 13.1 Å². The molecule has 6 aromatic rings. The van der Waals surface area contributed by atoms with E-state index in [0.717, 1.165) is 67.2 Å². The highest BCUT2D eigenvalue weighted by atomic mass is 16.6. The Bertz CT molecular complexity index is 1980. The number of para-hydroxylation sites is 2. The Labute approximate surface area is 228 Å². The molecule has 9 nitrogen and oxygen atoms in total. The van der Waals surface area contributed by atoms with E-state index >= 15 is 0 Å². The van der Waals surface area contributed by atoms with E-state index in [9.17, 15) is 20.1 Å². The first kappa shape index (κ1) is 23.7. The lowest BCUT2D eigenvalue weighted by Gasteiger charge is -2.32. The van der Waals surface area contributed by atoms with Crippen molar-refractivity contribution in [1.82, 2.24) is 19.0 Å². The molecule has 0 bridgehead atoms. The lowest BCUT2D eigenvalue weighted by Crippen LogP contribution is -2.46. The first-order chi connectivity index (χ1) is 19.5. The first-order valence-corrected chi connectivity index (χ1v) is 13.9. The van der Waals surface area contributed by atoms with E-state index in [2.05, 4.69) is 32.3 Å². The second-order valence-electron chi connectivity index (χ2n) is 11.5. The average molecular weight is 539 g/mol. The molecule has 1 atom stereocenters. The van der Waals surface area contributed by atoms with Gasteiger partial charge in [0.05, 0.1) is 29.5 Å². The summed E-state index contributed by atoms with van der Waals surface area (Å²) in [5.41, 5.74) is 2.47. The van der Waals surface area contributed by atoms with Gasteiger partial charge in [0, 0.05) is 63.9 Å². The number of aromatic amines is 1. The molecule has 0 aliphatic carbocycles. The van der Waals surface area contributed by atoms with Crippen LogP contribution in [0.3, 0.4) is 0 Å². The molecule has 0 saturated carbocycles. The number of fused-ring (bicyclic) bond motifs is 9. The number of benzene rings is 3. The molecule has 1 amide bonds. The Kier molecular flexibility index (Phi) is 4.96. The fraction of sp³-hybridized carbons (Fsp3) is 0.323. The fourth-order valence-electron chi connectivity index (χ4n) is 7.13. The van der Waals surface area contributed by atoms with Crippen LogP contribution in [0.1, 0.15) is 12.8 Å². The molecule has 1 unspecified atom stereocenters. The molecule has 4 N–H and O–H groups in total. The third-order valence-electron chi connectivity index (χ3n) is 9.04. The van der Waals surface area contributed by atoms with Gasteiger partial charge in [0.2, 0.25) is 0 Å². The van der Waals surface area contributed by atoms with Gasteiger partial charge in [-0.2, -0.15) is 0 Å². The van der Waals surface area contributed by atoms with Crippen LogP contribution in [0.15, 0.2) is 54.7 Å². The van der Waals surface area contributed by atoms with Crippen molar-refractivity contribution >= 4 is 60.5 Å². The van der Waals surface area contributed by atoms with Gasteiger partial charge in [0.25, 0.3) is 0 Å². The van der Waals surface area contributed by atoms with E-state index in [-0.39, 0.29) is 38.1 Å². The summed E-state index contributed by atoms with van der Waals surface area (Å²) in [7, 11) is 0. The van der Waals surface area contributed by atoms with Crippen molar-refractivity contribution < 1.29 is 24.9 Å². The highest BCUT2D eigenvalue weighted by Crippen LogP contribution is 2.48. The summed E-state index contributed by atoms with van der Waals surface area (Å²) in [6.07, 6.45) is 2.91. The molecule has 0 spiro atoms. The summed E-state index contributed by atoms with van der Waals surface area (Å²) in [5, 5.41) is 38.4. The molecule has 1 fully saturated rings. The fourth-order valence-corrected chi connectivity index (χ4v) is 7.13. The van der Waals surface area contributed by atoms with Crippen LogP contribution in [0, 0.1) is 5.92 Å². The number of likely N-dealkylation sites (tertiary alicyclic amines) is 1. The molecule has 204 valence electrons. The number of nitrogens with zero attached hydrogens (tertiary/aromatic N) is 3. The zero-order valence-corrected chi connectivity index (χ0v) is 21.9. The monoisotopic (exact) mass is 538 g/mol. The molecular weight excluding hydrogens is 508 g/mol. The molecule has 2 aliphatic rings. The lowest BCUT2D eigenvalue weighted by molar-refractivity contribution is -0.0499. The molecule has 8 rings (SSSR count). The summed E-state index contributed by atoms with van der Waals surface area (Å²) < 4.78 is 10.1. The van der Waals surface area contributed by atoms with Crippen molar-refractivity contribution in [2.45, 2.75) is 31.5 Å². The number of ether oxygens (including phenoxy) is 1. The zero-order valence-electron chi connectivity index (χ0n) is 21.9. The standard InChI is InChI=1S/C31H30N4O5/c36-14-18-9-11-33(12-10-18)30(38)40-17-31(39)15-34-22-7-3-1-5-19(22)24-21-13-32-29(37)26(21)25-20-6-2-4-8-23(20)35(16-31)28(25)27(24)34/h1-8,13,18,32,36-37,39H,9-12,14-17H2. The molecule has 3 aromatic carbocycles. The van der Waals surface area contributed by atoms with Crippen molar-refractivity contribution in [1.29, 1.82) is 0 Å². The van der Waals surface area contributed by atoms with Gasteiger partial charge in [-0.05, 0) is 30.9 Å². The quantitative estimate of drug-likeness (QED) is 0.261. The number of aliphatic hydroxyl groups excluding tert-OH is 1. The molecule has 3 aromatic heterocycles. The van der Waals surface area contributed by atoms with E-state index in [1.165, 1.54) is 0 Å². The molecule has 40 heavy (non-hydrogen) atoms. The number of rotatable bonds is 3. The number of carbonyl (C=O) groups excluding carboxylic acids is 1. The van der Waals surface area contributed by atoms with Crippen molar-refractivity contribution in [2.24, 2.45) is 5.92 Å². The number of amides is 1. The van der Waals surface area contributed by atoms with Crippen LogP contribution in [-0.2, 0) is 17.8 Å². The molecule has 0 radical (unpaired) electrons. The highest BCUT2D eigenvalue weighted by molar-refractivity contribution is 6.36. The SMILES string of the molecule is O=C(OCC1(O)Cn2c3ccccc3c3c4c[nH]c(O)c4c4c5ccccc5n(c4c32)C1)N1CCC(CO)CC1. The predicted molar refractivity (Wildman–Crippen MR) is 154 cm³/mol. The van der Waals surface area contributed by atoms with Gasteiger partial charge >= 0.3 is 6.09 Å². The molecule has 5 heterocycles. The maximum Gasteiger partial charge on any atom is 0.409 e. The number of aromatic hydroxyl groups is 1. The van der Waals surface area contributed by atoms with Crippen molar-refractivity contribution in [3.8, 4) is 5.88 Å². The van der Waals surface area contributed by atoms with Crippen LogP contribution in [0.5, 0.6) is 5.88 Å². The van der Waals surface area contributed by atoms with Crippen LogP contribution in [0.25, 0.3) is 54.4 Å². The van der Waals surface area contributed by atoms with Crippen LogP contribution in [0.4, 0.5) is 4.79 Å². The minimum absolute atomic E-state index is 0.120. The second-order valence-corrected chi connectivity index (χ2v) is 11.5. The van der Waals surface area contributed by atoms with Gasteiger partial charge in [-0.3, -0.25) is 0 Å². The normalized spacial score (nSPS) is 20.0. The van der Waals surface area contributed by atoms with Gasteiger partial charge in [0.15, 0.2) is 5.88 Å². The third kappa shape index (κ3) is 3.19. The maximum atomic E-state index is 13.0. The molecule has 1 saturated heterocycles. The summed E-state index contributed by atoms with van der Waals surface area (Å²) in [4.78, 5) is 17.7. The molecule has 2 aliphatic heterocycles. The maximum absolute atomic E-state index is 13.0. The van der Waals surface area contributed by atoms with Crippen LogP contribution >= 0.6 is 0 Å². The number of piperidine rings is 1. The Morgan fingerprint density at radius 2 is 1.50 bits per heavy atom. The molecular formula is C31H30N4O5. The van der Waals surface area contributed by atoms with E-state index in [1.807, 2.05) is 36.5 Å². The topological polar surface area (TPSA) is 116 Å². The van der Waals surface area contributed by atoms with Gasteiger partial charge in [-0.25, -0.2) is 4.79 Å². The Morgan fingerprint density at radius 1 is 0.900 bits per heavy atom. The average Bonchev–Trinajstić information content (AvgIpc) is 3.59. The number of H-pyrrole nitrogens is 1. The van der Waals surface area contributed by atoms with Crippen LogP contribution in [0.2, 0.25) is 0 Å². The van der Waals surface area contributed by atoms with Gasteiger partial charge in [0.1, 0.15) is 12.2 Å². The first-order valence-electron chi connectivity index (χ1n) is 13.9. The second kappa shape index (κ2) is 8.39. The Balaban J connectivity index is 1.32. The van der Waals surface area contributed by atoms with Crippen molar-refractivity contribution in [2.75, 3.05) is 26.3 Å². The Morgan fingerprint density at radius 3 is 2.15 bits per heavy atom. The minimum atomic E-state index is -1.39. The van der Waals surface area contributed by atoms with Crippen molar-refractivity contribution in [3.05, 3.63) is 54.7 Å². The van der Waals surface area contributed by atoms with Crippen molar-refractivity contribution in [3.63, 3.8) is 0 Å². The van der Waals surface area contributed by atoms with E-state index in [1.54, 1.807) is 4.90 Å². The predicted octanol–water partition coefficient (Wildman–Crippen LogP) is 4.67. The number of nitrogens with one attached hydrogen (secondary N) is 1. The lowest BCUT2D eigenvalue weighted by atomic mass is 9.98. The largest absolute Gasteiger partial charge is 0.494 e. The summed E-state index contributed by atoms with van der Waals surface area (Å²) in [6, 6.07) is 16.2. The van der Waals surface area contributed by atoms with Gasteiger partial charge < -0.3 is 39.1 Å². The van der Waals surface area contributed by atoms with Gasteiger partial charge in [-0.1, -0.05) is 36.4 Å². The van der Waals surface area contributed by atoms with Crippen LogP contribution < -0.4 is 0 Å². The van der Waals surface area contributed by atoms with E-state index in [4.69, 9.17) is 4.74 Å². The van der Waals surface area contributed by atoms with Gasteiger partial charge in [-0.15, -0.1) is 0 Å². The number of aliphatic hydroxyl groups is 2. The smallest absolute Gasteiger partial charge is 0.409 e. The molecule has 9 heteroatoms. The third-order valence-corrected chi connectivity index (χ3v) is 9.04. The minimum Gasteiger partial charge on any atom is -0.494 e. The summed E-state index contributed by atoms with van der Waals surface area (Å²) in [6.45, 7) is 1.51. The summed E-state index contributed by atoms with van der Waals surface area (Å²) in [5.74, 6) is 0.336. The number of aromatic nitrogens is 3. The van der Waals surface area contributed by atoms with Crippen LogP contribution in [-0.4, -0.2) is 72.3 Å². The summed E-state index contributed by atoms with van der Waals surface area (Å²) >= 11 is 0. The Hall–Kier alpha value is -4.21. The highest BCUT2D eigenvalue weighted by Gasteiger charge is 2.38. The zero-order chi connectivity index (χ0) is 27.2. The number of hydrogen-bond donors (Lipinski definition) is 4.